The van der Waals surface area contributed by atoms with Gasteiger partial charge in [0.25, 0.3) is 0 Å². The summed E-state index contributed by atoms with van der Waals surface area (Å²) in [6.07, 6.45) is 0. The number of carbonyl (C=O) groups is 2. The van der Waals surface area contributed by atoms with Crippen LogP contribution in [0.4, 0.5) is 0 Å². The summed E-state index contributed by atoms with van der Waals surface area (Å²) >= 11 is 0. The van der Waals surface area contributed by atoms with Crippen LogP contribution in [0.1, 0.15) is 6.92 Å². The highest BCUT2D eigenvalue weighted by Gasteiger charge is 2.34. The lowest BCUT2D eigenvalue weighted by Gasteiger charge is -2.40. The molecule has 2 amide bonds. The monoisotopic (exact) mass is 298 g/mol. The second-order valence-corrected chi connectivity index (χ2v) is 6.29. The smallest absolute Gasteiger partial charge is 0.248 e. The standard InChI is InChI=1S/C14H26N4O3/c1-14(10-15-11-14)21-9-13(20)18-6-4-17(5-7-18)8-12(19)16(2)3/h15H,4-11H2,1-3H3. The van der Waals surface area contributed by atoms with Gasteiger partial charge in [-0.05, 0) is 6.92 Å². The van der Waals surface area contributed by atoms with E-state index >= 15 is 0 Å². The van der Waals surface area contributed by atoms with Gasteiger partial charge in [-0.3, -0.25) is 14.5 Å². The number of hydrogen-bond donors (Lipinski definition) is 1. The third-order valence-electron chi connectivity index (χ3n) is 4.12. The van der Waals surface area contributed by atoms with Crippen molar-refractivity contribution < 1.29 is 14.3 Å². The Morgan fingerprint density at radius 3 is 2.29 bits per heavy atom. The second kappa shape index (κ2) is 6.72. The van der Waals surface area contributed by atoms with Crippen molar-refractivity contribution >= 4 is 11.8 Å². The number of carbonyl (C=O) groups excluding carboxylic acids is 2. The third kappa shape index (κ3) is 4.39. The molecule has 0 aromatic carbocycles. The molecule has 0 aliphatic carbocycles. The van der Waals surface area contributed by atoms with Gasteiger partial charge in [0.1, 0.15) is 6.61 Å². The zero-order valence-electron chi connectivity index (χ0n) is 13.2. The van der Waals surface area contributed by atoms with Crippen LogP contribution < -0.4 is 5.32 Å². The van der Waals surface area contributed by atoms with E-state index in [0.29, 0.717) is 19.6 Å². The number of rotatable bonds is 5. The van der Waals surface area contributed by atoms with Crippen molar-refractivity contribution in [1.29, 1.82) is 0 Å². The molecule has 2 rings (SSSR count). The maximum Gasteiger partial charge on any atom is 0.248 e. The minimum absolute atomic E-state index is 0.0433. The van der Waals surface area contributed by atoms with E-state index in [-0.39, 0.29) is 24.0 Å². The molecule has 0 aromatic rings. The fraction of sp³-hybridized carbons (Fsp3) is 0.857. The predicted octanol–water partition coefficient (Wildman–Crippen LogP) is -1.40. The van der Waals surface area contributed by atoms with Gasteiger partial charge in [-0.15, -0.1) is 0 Å². The first-order chi connectivity index (χ1) is 9.89. The molecule has 0 saturated carbocycles. The molecule has 7 heteroatoms. The van der Waals surface area contributed by atoms with Gasteiger partial charge >= 0.3 is 0 Å². The van der Waals surface area contributed by atoms with Crippen molar-refractivity contribution in [3.05, 3.63) is 0 Å². The quantitative estimate of drug-likeness (QED) is 0.676. The fourth-order valence-electron chi connectivity index (χ4n) is 2.39. The van der Waals surface area contributed by atoms with Crippen LogP contribution in [0, 0.1) is 0 Å². The van der Waals surface area contributed by atoms with Crippen LogP contribution in [0.2, 0.25) is 0 Å². The van der Waals surface area contributed by atoms with Crippen LogP contribution in [-0.2, 0) is 14.3 Å². The summed E-state index contributed by atoms with van der Waals surface area (Å²) in [5, 5.41) is 3.15. The Morgan fingerprint density at radius 2 is 1.81 bits per heavy atom. The average Bonchev–Trinajstić information content (AvgIpc) is 2.43. The molecule has 0 spiro atoms. The van der Waals surface area contributed by atoms with Gasteiger partial charge in [-0.2, -0.15) is 0 Å². The Bertz CT molecular complexity index is 388. The summed E-state index contributed by atoms with van der Waals surface area (Å²) in [4.78, 5) is 29.3. The van der Waals surface area contributed by atoms with Gasteiger partial charge in [-0.1, -0.05) is 0 Å². The number of nitrogens with one attached hydrogen (secondary N) is 1. The lowest BCUT2D eigenvalue weighted by Crippen LogP contribution is -2.60. The highest BCUT2D eigenvalue weighted by atomic mass is 16.5. The zero-order chi connectivity index (χ0) is 15.5. The van der Waals surface area contributed by atoms with Crippen LogP contribution in [0.25, 0.3) is 0 Å². The van der Waals surface area contributed by atoms with Crippen LogP contribution in [0.3, 0.4) is 0 Å². The molecule has 7 nitrogen and oxygen atoms in total. The predicted molar refractivity (Wildman–Crippen MR) is 78.9 cm³/mol. The lowest BCUT2D eigenvalue weighted by molar-refractivity contribution is -0.147. The van der Waals surface area contributed by atoms with Gasteiger partial charge < -0.3 is 19.9 Å². The Hall–Kier alpha value is -1.18. The molecule has 1 N–H and O–H groups in total. The number of amides is 2. The molecule has 2 fully saturated rings. The Kier molecular flexibility index (Phi) is 5.18. The summed E-state index contributed by atoms with van der Waals surface area (Å²) < 4.78 is 5.68. The van der Waals surface area contributed by atoms with Crippen molar-refractivity contribution in [2.24, 2.45) is 0 Å². The third-order valence-corrected chi connectivity index (χ3v) is 4.12. The van der Waals surface area contributed by atoms with Gasteiger partial charge in [0.15, 0.2) is 0 Å². The maximum absolute atomic E-state index is 12.1. The van der Waals surface area contributed by atoms with Crippen LogP contribution >= 0.6 is 0 Å². The highest BCUT2D eigenvalue weighted by molar-refractivity contribution is 5.78. The molecular formula is C14H26N4O3. The highest BCUT2D eigenvalue weighted by Crippen LogP contribution is 2.15. The number of nitrogens with zero attached hydrogens (tertiary/aromatic N) is 3. The van der Waals surface area contributed by atoms with Gasteiger partial charge in [0.2, 0.25) is 11.8 Å². The first-order valence-electron chi connectivity index (χ1n) is 7.45. The van der Waals surface area contributed by atoms with E-state index in [1.165, 1.54) is 0 Å². The minimum Gasteiger partial charge on any atom is -0.363 e. The van der Waals surface area contributed by atoms with Gasteiger partial charge in [0.05, 0.1) is 12.1 Å². The van der Waals surface area contributed by atoms with E-state index < -0.39 is 0 Å². The lowest BCUT2D eigenvalue weighted by atomic mass is 10.0. The van der Waals surface area contributed by atoms with Crippen molar-refractivity contribution in [2.75, 3.05) is 66.5 Å². The summed E-state index contributed by atoms with van der Waals surface area (Å²) in [5.41, 5.74) is -0.185. The Morgan fingerprint density at radius 1 is 1.19 bits per heavy atom. The van der Waals surface area contributed by atoms with E-state index in [4.69, 9.17) is 4.74 Å². The van der Waals surface area contributed by atoms with Crippen molar-refractivity contribution in [1.82, 2.24) is 20.0 Å². The molecule has 2 saturated heterocycles. The molecule has 2 heterocycles. The van der Waals surface area contributed by atoms with E-state index in [1.807, 2.05) is 11.8 Å². The zero-order valence-corrected chi connectivity index (χ0v) is 13.2. The van der Waals surface area contributed by atoms with E-state index in [0.717, 1.165) is 26.2 Å². The number of ether oxygens (including phenoxy) is 1. The SMILES string of the molecule is CN(C)C(=O)CN1CCN(C(=O)COC2(C)CNC2)CC1. The molecular weight excluding hydrogens is 272 g/mol. The van der Waals surface area contributed by atoms with Crippen molar-refractivity contribution in [2.45, 2.75) is 12.5 Å². The molecule has 0 atom stereocenters. The molecule has 2 aliphatic heterocycles. The van der Waals surface area contributed by atoms with E-state index in [1.54, 1.807) is 19.0 Å². The van der Waals surface area contributed by atoms with E-state index in [9.17, 15) is 9.59 Å². The molecule has 21 heavy (non-hydrogen) atoms. The summed E-state index contributed by atoms with van der Waals surface area (Å²) in [5.74, 6) is 0.144. The molecule has 0 radical (unpaired) electrons. The van der Waals surface area contributed by atoms with Crippen molar-refractivity contribution in [3.63, 3.8) is 0 Å². The van der Waals surface area contributed by atoms with Crippen LogP contribution in [0.15, 0.2) is 0 Å². The first kappa shape index (κ1) is 16.2. The maximum atomic E-state index is 12.1. The van der Waals surface area contributed by atoms with Gasteiger partial charge in [0, 0.05) is 53.4 Å². The van der Waals surface area contributed by atoms with Crippen LogP contribution in [0.5, 0.6) is 0 Å². The number of hydrogen-bond acceptors (Lipinski definition) is 5. The minimum atomic E-state index is -0.185. The van der Waals surface area contributed by atoms with Crippen molar-refractivity contribution in [3.8, 4) is 0 Å². The number of likely N-dealkylation sites (N-methyl/N-ethyl adjacent to an activating group) is 1. The normalized spacial score (nSPS) is 21.8. The summed E-state index contributed by atoms with van der Waals surface area (Å²) in [6.45, 7) is 7.01. The molecule has 120 valence electrons. The Balaban J connectivity index is 1.68. The largest absolute Gasteiger partial charge is 0.363 e. The molecule has 0 aromatic heterocycles. The first-order valence-corrected chi connectivity index (χ1v) is 7.45. The average molecular weight is 298 g/mol. The van der Waals surface area contributed by atoms with Gasteiger partial charge in [-0.25, -0.2) is 0 Å². The fourth-order valence-corrected chi connectivity index (χ4v) is 2.39. The topological polar surface area (TPSA) is 65.1 Å². The van der Waals surface area contributed by atoms with E-state index in [2.05, 4.69) is 10.2 Å². The summed E-state index contributed by atoms with van der Waals surface area (Å²) in [7, 11) is 3.52. The molecule has 0 bridgehead atoms. The molecule has 2 aliphatic rings. The second-order valence-electron chi connectivity index (χ2n) is 6.29. The van der Waals surface area contributed by atoms with Crippen LogP contribution in [-0.4, -0.2) is 98.6 Å². The Labute approximate surface area is 126 Å². The molecule has 0 unspecified atom stereocenters. The summed E-state index contributed by atoms with van der Waals surface area (Å²) in [6, 6.07) is 0. The number of piperazine rings is 1.